The molecule has 4 nitrogen and oxygen atoms in total. The van der Waals surface area contributed by atoms with E-state index in [0.717, 1.165) is 43.4 Å². The molecular formula is C19H21ClN4S. The molecule has 0 spiro atoms. The molecule has 0 fully saturated rings. The van der Waals surface area contributed by atoms with Crippen LogP contribution in [0.4, 0.5) is 0 Å². The summed E-state index contributed by atoms with van der Waals surface area (Å²) >= 11 is 7.97. The summed E-state index contributed by atoms with van der Waals surface area (Å²) < 4.78 is 0. The molecule has 130 valence electrons. The number of halogens is 1. The molecule has 1 atom stereocenters. The molecule has 0 aliphatic carbocycles. The van der Waals surface area contributed by atoms with Crippen LogP contribution in [0.2, 0.25) is 5.02 Å². The van der Waals surface area contributed by atoms with Crippen LogP contribution in [0.15, 0.2) is 48.1 Å². The highest BCUT2D eigenvalue weighted by Crippen LogP contribution is 2.30. The van der Waals surface area contributed by atoms with Crippen LogP contribution in [0.1, 0.15) is 27.9 Å². The van der Waals surface area contributed by atoms with Crippen LogP contribution >= 0.6 is 22.9 Å². The van der Waals surface area contributed by atoms with Gasteiger partial charge in [0, 0.05) is 48.0 Å². The number of aromatic amines is 1. The molecule has 0 saturated heterocycles. The molecule has 1 aliphatic heterocycles. The minimum atomic E-state index is 0.320. The normalized spacial score (nSPS) is 15.9. The van der Waals surface area contributed by atoms with Gasteiger partial charge in [0.1, 0.15) is 5.82 Å². The molecule has 1 unspecified atom stereocenters. The van der Waals surface area contributed by atoms with Gasteiger partial charge in [-0.05, 0) is 41.1 Å². The van der Waals surface area contributed by atoms with Crippen LogP contribution in [0.5, 0.6) is 0 Å². The van der Waals surface area contributed by atoms with Gasteiger partial charge in [0.25, 0.3) is 0 Å². The van der Waals surface area contributed by atoms with Gasteiger partial charge < -0.3 is 10.3 Å². The summed E-state index contributed by atoms with van der Waals surface area (Å²) in [6.45, 7) is 3.72. The Bertz CT molecular complexity index is 797. The molecular weight excluding hydrogens is 352 g/mol. The van der Waals surface area contributed by atoms with Crippen molar-refractivity contribution in [3.8, 4) is 0 Å². The predicted molar refractivity (Wildman–Crippen MR) is 103 cm³/mol. The number of nitrogens with zero attached hydrogens (tertiary/aromatic N) is 2. The molecule has 2 aromatic heterocycles. The topological polar surface area (TPSA) is 44.0 Å². The number of H-pyrrole nitrogens is 1. The van der Waals surface area contributed by atoms with E-state index >= 15 is 0 Å². The monoisotopic (exact) mass is 372 g/mol. The van der Waals surface area contributed by atoms with E-state index in [2.05, 4.69) is 43.8 Å². The van der Waals surface area contributed by atoms with Gasteiger partial charge in [0.15, 0.2) is 0 Å². The average Bonchev–Trinajstić information content (AvgIpc) is 3.31. The first kappa shape index (κ1) is 16.8. The van der Waals surface area contributed by atoms with Gasteiger partial charge in [-0.15, -0.1) is 11.3 Å². The lowest BCUT2D eigenvalue weighted by Crippen LogP contribution is -2.38. The molecule has 4 rings (SSSR count). The van der Waals surface area contributed by atoms with Gasteiger partial charge in [-0.1, -0.05) is 23.7 Å². The number of benzene rings is 1. The molecule has 6 heteroatoms. The van der Waals surface area contributed by atoms with Crippen LogP contribution in [0, 0.1) is 0 Å². The maximum atomic E-state index is 6.09. The number of thiophene rings is 1. The Morgan fingerprint density at radius 1 is 1.28 bits per heavy atom. The zero-order valence-electron chi connectivity index (χ0n) is 13.9. The van der Waals surface area contributed by atoms with E-state index in [1.807, 2.05) is 29.7 Å². The quantitative estimate of drug-likeness (QED) is 0.687. The van der Waals surface area contributed by atoms with Crippen molar-refractivity contribution in [2.45, 2.75) is 25.6 Å². The Morgan fingerprint density at radius 2 is 2.16 bits per heavy atom. The summed E-state index contributed by atoms with van der Waals surface area (Å²) in [4.78, 5) is 11.5. The number of nitrogens with one attached hydrogen (secondary N) is 2. The smallest absolute Gasteiger partial charge is 0.120 e. The number of imidazole rings is 1. The van der Waals surface area contributed by atoms with Gasteiger partial charge in [0.05, 0.1) is 6.54 Å². The maximum Gasteiger partial charge on any atom is 0.120 e. The zero-order chi connectivity index (χ0) is 17.1. The number of hydrogen-bond donors (Lipinski definition) is 2. The van der Waals surface area contributed by atoms with Gasteiger partial charge in [-0.25, -0.2) is 4.98 Å². The third-order valence-corrected chi connectivity index (χ3v) is 5.99. The lowest BCUT2D eigenvalue weighted by molar-refractivity contribution is 0.176. The van der Waals surface area contributed by atoms with Crippen LogP contribution in [0.25, 0.3) is 0 Å². The molecule has 1 aliphatic rings. The van der Waals surface area contributed by atoms with Crippen LogP contribution in [-0.4, -0.2) is 28.0 Å². The summed E-state index contributed by atoms with van der Waals surface area (Å²) in [5.41, 5.74) is 2.77. The van der Waals surface area contributed by atoms with Gasteiger partial charge in [-0.3, -0.25) is 4.90 Å². The summed E-state index contributed by atoms with van der Waals surface area (Å²) in [5, 5.41) is 6.54. The van der Waals surface area contributed by atoms with Crippen molar-refractivity contribution in [3.63, 3.8) is 0 Å². The van der Waals surface area contributed by atoms with E-state index in [1.165, 1.54) is 16.0 Å². The molecule has 0 saturated carbocycles. The lowest BCUT2D eigenvalue weighted by Gasteiger charge is -2.35. The Kier molecular flexibility index (Phi) is 5.17. The summed E-state index contributed by atoms with van der Waals surface area (Å²) in [6.07, 6.45) is 4.78. The fourth-order valence-corrected chi connectivity index (χ4v) is 4.42. The highest BCUT2D eigenvalue weighted by molar-refractivity contribution is 7.10. The second-order valence-corrected chi connectivity index (χ2v) is 7.76. The Hall–Kier alpha value is -1.66. The minimum absolute atomic E-state index is 0.320. The van der Waals surface area contributed by atoms with Gasteiger partial charge >= 0.3 is 0 Å². The van der Waals surface area contributed by atoms with Crippen LogP contribution in [-0.2, 0) is 19.5 Å². The fourth-order valence-electron chi connectivity index (χ4n) is 3.40. The highest BCUT2D eigenvalue weighted by atomic mass is 35.5. The second kappa shape index (κ2) is 7.70. The zero-order valence-corrected chi connectivity index (χ0v) is 15.5. The standard InChI is InChI=1S/C19H21ClN4S/c20-16-3-1-14(2-4-16)17(11-21-12-19-22-7-8-23-19)24-9-5-18-15(13-24)6-10-25-18/h1-4,6-8,10,17,21H,5,9,11-13H2,(H,22,23). The number of hydrogen-bond acceptors (Lipinski definition) is 4. The lowest BCUT2D eigenvalue weighted by atomic mass is 10.0. The molecule has 2 N–H and O–H groups in total. The molecule has 0 radical (unpaired) electrons. The Morgan fingerprint density at radius 3 is 2.96 bits per heavy atom. The molecule has 0 bridgehead atoms. The Labute approximate surface area is 156 Å². The maximum absolute atomic E-state index is 6.09. The SMILES string of the molecule is Clc1ccc(C(CNCc2ncc[nH]2)N2CCc3sccc3C2)cc1. The summed E-state index contributed by atoms with van der Waals surface area (Å²) in [5.74, 6) is 0.966. The van der Waals surface area contributed by atoms with Crippen LogP contribution in [0.3, 0.4) is 0 Å². The number of rotatable bonds is 6. The highest BCUT2D eigenvalue weighted by Gasteiger charge is 2.25. The van der Waals surface area contributed by atoms with E-state index < -0.39 is 0 Å². The molecule has 1 aromatic carbocycles. The molecule has 3 heterocycles. The fraction of sp³-hybridized carbons (Fsp3) is 0.316. The summed E-state index contributed by atoms with van der Waals surface area (Å²) in [6, 6.07) is 10.8. The van der Waals surface area contributed by atoms with Crippen molar-refractivity contribution in [3.05, 3.63) is 75.0 Å². The Balaban J connectivity index is 1.50. The summed E-state index contributed by atoms with van der Waals surface area (Å²) in [7, 11) is 0. The number of fused-ring (bicyclic) bond motifs is 1. The van der Waals surface area contributed by atoms with Crippen molar-refractivity contribution in [2.24, 2.45) is 0 Å². The van der Waals surface area contributed by atoms with E-state index in [9.17, 15) is 0 Å². The van der Waals surface area contributed by atoms with E-state index in [-0.39, 0.29) is 0 Å². The van der Waals surface area contributed by atoms with E-state index in [4.69, 9.17) is 11.6 Å². The largest absolute Gasteiger partial charge is 0.348 e. The first-order chi connectivity index (χ1) is 12.3. The van der Waals surface area contributed by atoms with Crippen LogP contribution < -0.4 is 5.32 Å². The molecule has 3 aromatic rings. The van der Waals surface area contributed by atoms with Crippen molar-refractivity contribution in [1.29, 1.82) is 0 Å². The third kappa shape index (κ3) is 3.96. The van der Waals surface area contributed by atoms with Crippen molar-refractivity contribution in [2.75, 3.05) is 13.1 Å². The first-order valence-electron chi connectivity index (χ1n) is 8.53. The predicted octanol–water partition coefficient (Wildman–Crippen LogP) is 4.01. The van der Waals surface area contributed by atoms with Crippen molar-refractivity contribution >= 4 is 22.9 Å². The number of aromatic nitrogens is 2. The molecule has 25 heavy (non-hydrogen) atoms. The van der Waals surface area contributed by atoms with E-state index in [1.54, 1.807) is 6.20 Å². The first-order valence-corrected chi connectivity index (χ1v) is 9.79. The van der Waals surface area contributed by atoms with Gasteiger partial charge in [0.2, 0.25) is 0 Å². The third-order valence-electron chi connectivity index (χ3n) is 4.72. The molecule has 0 amide bonds. The minimum Gasteiger partial charge on any atom is -0.348 e. The van der Waals surface area contributed by atoms with E-state index in [0.29, 0.717) is 6.04 Å². The second-order valence-electron chi connectivity index (χ2n) is 6.32. The average molecular weight is 373 g/mol. The van der Waals surface area contributed by atoms with Gasteiger partial charge in [-0.2, -0.15) is 0 Å². The van der Waals surface area contributed by atoms with Crippen molar-refractivity contribution < 1.29 is 0 Å². The van der Waals surface area contributed by atoms with Crippen molar-refractivity contribution in [1.82, 2.24) is 20.2 Å².